The molecule has 0 amide bonds. The maximum atomic E-state index is 4.25. The number of rotatable bonds is 4. The standard InChI is InChI=1S/C15H20N4/c1-2-4-13(5-3-1)10-15-11-17-18-19(15)12-14-6-8-16-9-7-14/h1-5,11,14,16H,6-10,12H2. The van der Waals surface area contributed by atoms with Gasteiger partial charge >= 0.3 is 0 Å². The highest BCUT2D eigenvalue weighted by molar-refractivity contribution is 5.20. The third-order valence-electron chi connectivity index (χ3n) is 3.82. The molecule has 2 aromatic rings. The lowest BCUT2D eigenvalue weighted by Gasteiger charge is -2.22. The van der Waals surface area contributed by atoms with Gasteiger partial charge < -0.3 is 5.32 Å². The normalized spacial score (nSPS) is 16.6. The molecular formula is C15H20N4. The van der Waals surface area contributed by atoms with Crippen LogP contribution in [0.15, 0.2) is 36.5 Å². The minimum absolute atomic E-state index is 0.734. The maximum absolute atomic E-state index is 4.25. The molecule has 0 aliphatic carbocycles. The van der Waals surface area contributed by atoms with Gasteiger partial charge in [-0.1, -0.05) is 35.5 Å². The maximum Gasteiger partial charge on any atom is 0.0728 e. The van der Waals surface area contributed by atoms with Crippen molar-refractivity contribution in [3.05, 3.63) is 47.8 Å². The first kappa shape index (κ1) is 12.4. The molecule has 2 heterocycles. The van der Waals surface area contributed by atoms with Crippen molar-refractivity contribution in [1.82, 2.24) is 20.3 Å². The molecule has 0 atom stereocenters. The summed E-state index contributed by atoms with van der Waals surface area (Å²) in [5.74, 6) is 0.734. The fourth-order valence-corrected chi connectivity index (χ4v) is 2.68. The average Bonchev–Trinajstić information content (AvgIpc) is 2.88. The van der Waals surface area contributed by atoms with Crippen LogP contribution >= 0.6 is 0 Å². The molecule has 1 aliphatic rings. The van der Waals surface area contributed by atoms with Gasteiger partial charge in [0.15, 0.2) is 0 Å². The van der Waals surface area contributed by atoms with Crippen molar-refractivity contribution in [2.75, 3.05) is 13.1 Å². The summed E-state index contributed by atoms with van der Waals surface area (Å²) in [6, 6.07) is 10.5. The highest BCUT2D eigenvalue weighted by Crippen LogP contribution is 2.16. The highest BCUT2D eigenvalue weighted by Gasteiger charge is 2.15. The molecule has 0 spiro atoms. The molecule has 19 heavy (non-hydrogen) atoms. The molecular weight excluding hydrogens is 236 g/mol. The van der Waals surface area contributed by atoms with E-state index in [1.54, 1.807) is 0 Å². The van der Waals surface area contributed by atoms with E-state index in [2.05, 4.69) is 44.6 Å². The van der Waals surface area contributed by atoms with Crippen molar-refractivity contribution in [1.29, 1.82) is 0 Å². The lowest BCUT2D eigenvalue weighted by atomic mass is 9.98. The first-order chi connectivity index (χ1) is 9.42. The molecule has 1 fully saturated rings. The minimum atomic E-state index is 0.734. The molecule has 3 rings (SSSR count). The molecule has 4 heteroatoms. The van der Waals surface area contributed by atoms with Gasteiger partial charge in [-0.05, 0) is 37.4 Å². The van der Waals surface area contributed by atoms with E-state index < -0.39 is 0 Å². The third kappa shape index (κ3) is 3.20. The quantitative estimate of drug-likeness (QED) is 0.908. The van der Waals surface area contributed by atoms with Crippen molar-refractivity contribution in [2.24, 2.45) is 5.92 Å². The second kappa shape index (κ2) is 5.97. The van der Waals surface area contributed by atoms with Gasteiger partial charge in [0.1, 0.15) is 0 Å². The van der Waals surface area contributed by atoms with Crippen LogP contribution in [0.25, 0.3) is 0 Å². The summed E-state index contributed by atoms with van der Waals surface area (Å²) in [4.78, 5) is 0. The fourth-order valence-electron chi connectivity index (χ4n) is 2.68. The zero-order valence-electron chi connectivity index (χ0n) is 11.1. The molecule has 1 N–H and O–H groups in total. The third-order valence-corrected chi connectivity index (χ3v) is 3.82. The van der Waals surface area contributed by atoms with Crippen LogP contribution in [0.2, 0.25) is 0 Å². The van der Waals surface area contributed by atoms with Gasteiger partial charge in [-0.15, -0.1) is 5.10 Å². The predicted molar refractivity (Wildman–Crippen MR) is 74.9 cm³/mol. The van der Waals surface area contributed by atoms with E-state index in [0.29, 0.717) is 0 Å². The second-order valence-corrected chi connectivity index (χ2v) is 5.26. The monoisotopic (exact) mass is 256 g/mol. The summed E-state index contributed by atoms with van der Waals surface area (Å²) in [7, 11) is 0. The number of nitrogens with one attached hydrogen (secondary N) is 1. The molecule has 1 aliphatic heterocycles. The molecule has 1 aromatic heterocycles. The van der Waals surface area contributed by atoms with Gasteiger partial charge in [0.25, 0.3) is 0 Å². The Bertz CT molecular complexity index is 500. The van der Waals surface area contributed by atoms with E-state index in [1.165, 1.54) is 24.1 Å². The van der Waals surface area contributed by atoms with Gasteiger partial charge in [-0.2, -0.15) is 0 Å². The summed E-state index contributed by atoms with van der Waals surface area (Å²) < 4.78 is 2.09. The molecule has 0 radical (unpaired) electrons. The Morgan fingerprint density at radius 1 is 1.16 bits per heavy atom. The Morgan fingerprint density at radius 3 is 2.74 bits per heavy atom. The SMILES string of the molecule is c1ccc(Cc2cnnn2CC2CCNCC2)cc1. The van der Waals surface area contributed by atoms with Crippen LogP contribution in [-0.4, -0.2) is 28.1 Å². The Hall–Kier alpha value is -1.68. The first-order valence-electron chi connectivity index (χ1n) is 7.04. The number of nitrogens with zero attached hydrogens (tertiary/aromatic N) is 3. The van der Waals surface area contributed by atoms with Crippen molar-refractivity contribution < 1.29 is 0 Å². The summed E-state index contributed by atoms with van der Waals surface area (Å²) in [6.45, 7) is 3.27. The van der Waals surface area contributed by atoms with Gasteiger partial charge in [0, 0.05) is 13.0 Å². The van der Waals surface area contributed by atoms with E-state index in [9.17, 15) is 0 Å². The number of benzene rings is 1. The molecule has 4 nitrogen and oxygen atoms in total. The smallest absolute Gasteiger partial charge is 0.0728 e. The van der Waals surface area contributed by atoms with Crippen LogP contribution in [0.4, 0.5) is 0 Å². The summed E-state index contributed by atoms with van der Waals surface area (Å²) in [5.41, 5.74) is 2.53. The number of aromatic nitrogens is 3. The molecule has 0 saturated carbocycles. The van der Waals surface area contributed by atoms with E-state index in [-0.39, 0.29) is 0 Å². The van der Waals surface area contributed by atoms with Gasteiger partial charge in [0.05, 0.1) is 11.9 Å². The molecule has 100 valence electrons. The Morgan fingerprint density at radius 2 is 1.95 bits per heavy atom. The van der Waals surface area contributed by atoms with E-state index >= 15 is 0 Å². The van der Waals surface area contributed by atoms with Crippen LogP contribution in [0, 0.1) is 5.92 Å². The topological polar surface area (TPSA) is 42.7 Å². The summed E-state index contributed by atoms with van der Waals surface area (Å²) >= 11 is 0. The largest absolute Gasteiger partial charge is 0.317 e. The fraction of sp³-hybridized carbons (Fsp3) is 0.467. The summed E-state index contributed by atoms with van der Waals surface area (Å²) in [5, 5.41) is 11.7. The zero-order chi connectivity index (χ0) is 12.9. The molecule has 1 aromatic carbocycles. The number of hydrogen-bond acceptors (Lipinski definition) is 3. The van der Waals surface area contributed by atoms with Crippen LogP contribution in [-0.2, 0) is 13.0 Å². The van der Waals surface area contributed by atoms with Crippen LogP contribution in [0.5, 0.6) is 0 Å². The predicted octanol–water partition coefficient (Wildman–Crippen LogP) is 1.87. The lowest BCUT2D eigenvalue weighted by molar-refractivity contribution is 0.315. The van der Waals surface area contributed by atoms with Crippen LogP contribution in [0.3, 0.4) is 0 Å². The van der Waals surface area contributed by atoms with E-state index in [1.807, 2.05) is 12.3 Å². The Balaban J connectivity index is 1.68. The Kier molecular flexibility index (Phi) is 3.89. The first-order valence-corrected chi connectivity index (χ1v) is 7.04. The molecule has 0 bridgehead atoms. The van der Waals surface area contributed by atoms with Gasteiger partial charge in [-0.3, -0.25) is 0 Å². The van der Waals surface area contributed by atoms with E-state index in [0.717, 1.165) is 32.0 Å². The Labute approximate surface area is 113 Å². The molecule has 0 unspecified atom stereocenters. The average molecular weight is 256 g/mol. The number of piperidine rings is 1. The summed E-state index contributed by atoms with van der Waals surface area (Å²) in [6.07, 6.45) is 5.29. The van der Waals surface area contributed by atoms with Crippen molar-refractivity contribution in [3.8, 4) is 0 Å². The molecule has 1 saturated heterocycles. The van der Waals surface area contributed by atoms with Crippen molar-refractivity contribution in [2.45, 2.75) is 25.8 Å². The van der Waals surface area contributed by atoms with Crippen molar-refractivity contribution in [3.63, 3.8) is 0 Å². The van der Waals surface area contributed by atoms with Crippen molar-refractivity contribution >= 4 is 0 Å². The van der Waals surface area contributed by atoms with Crippen LogP contribution in [0.1, 0.15) is 24.1 Å². The minimum Gasteiger partial charge on any atom is -0.317 e. The zero-order valence-corrected chi connectivity index (χ0v) is 11.1. The lowest BCUT2D eigenvalue weighted by Crippen LogP contribution is -2.30. The number of hydrogen-bond donors (Lipinski definition) is 1. The van der Waals surface area contributed by atoms with Gasteiger partial charge in [-0.25, -0.2) is 4.68 Å². The van der Waals surface area contributed by atoms with E-state index in [4.69, 9.17) is 0 Å². The van der Waals surface area contributed by atoms with Crippen LogP contribution < -0.4 is 5.32 Å². The van der Waals surface area contributed by atoms with Gasteiger partial charge in [0.2, 0.25) is 0 Å². The second-order valence-electron chi connectivity index (χ2n) is 5.26. The highest BCUT2D eigenvalue weighted by atomic mass is 15.4.